The molecule has 0 aliphatic heterocycles. The number of carboxylic acids is 1. The van der Waals surface area contributed by atoms with Crippen molar-refractivity contribution < 1.29 is 19.8 Å². The van der Waals surface area contributed by atoms with Gasteiger partial charge in [-0.25, -0.2) is 0 Å². The van der Waals surface area contributed by atoms with Crippen molar-refractivity contribution in [2.75, 3.05) is 6.54 Å². The Morgan fingerprint density at radius 3 is 2.44 bits per heavy atom. The topological polar surface area (TPSA) is 113 Å². The summed E-state index contributed by atoms with van der Waals surface area (Å²) < 4.78 is 0. The highest BCUT2D eigenvalue weighted by molar-refractivity contribution is 6.23. The zero-order valence-electron chi connectivity index (χ0n) is 15.8. The van der Waals surface area contributed by atoms with Crippen LogP contribution in [0.25, 0.3) is 0 Å². The van der Waals surface area contributed by atoms with Gasteiger partial charge in [-0.15, -0.1) is 0 Å². The second-order valence-electron chi connectivity index (χ2n) is 8.13. The third-order valence-electron chi connectivity index (χ3n) is 4.29. The zero-order chi connectivity index (χ0) is 19.2. The van der Waals surface area contributed by atoms with Crippen LogP contribution >= 0.6 is 0 Å². The molecule has 6 nitrogen and oxygen atoms in total. The van der Waals surface area contributed by atoms with Crippen molar-refractivity contribution in [2.45, 2.75) is 72.3 Å². The highest BCUT2D eigenvalue weighted by Crippen LogP contribution is 2.36. The van der Waals surface area contributed by atoms with E-state index >= 15 is 0 Å². The maximum atomic E-state index is 12.5. The monoisotopic (exact) mass is 352 g/mol. The van der Waals surface area contributed by atoms with E-state index in [9.17, 15) is 14.7 Å². The van der Waals surface area contributed by atoms with Crippen LogP contribution < -0.4 is 5.73 Å². The first-order valence-electron chi connectivity index (χ1n) is 9.01. The summed E-state index contributed by atoms with van der Waals surface area (Å²) in [7, 11) is 0. The second kappa shape index (κ2) is 9.13. The van der Waals surface area contributed by atoms with Crippen molar-refractivity contribution in [2.24, 2.45) is 22.1 Å². The molecule has 6 heteroatoms. The van der Waals surface area contributed by atoms with Gasteiger partial charge in [-0.2, -0.15) is 0 Å². The molecule has 1 aliphatic rings. The van der Waals surface area contributed by atoms with E-state index in [-0.39, 0.29) is 17.0 Å². The molecule has 0 aromatic rings. The van der Waals surface area contributed by atoms with Gasteiger partial charge in [-0.1, -0.05) is 27.7 Å². The van der Waals surface area contributed by atoms with E-state index in [0.29, 0.717) is 62.3 Å². The van der Waals surface area contributed by atoms with Gasteiger partial charge >= 0.3 is 5.97 Å². The Bertz CT molecular complexity index is 562. The van der Waals surface area contributed by atoms with Gasteiger partial charge in [0.2, 0.25) is 0 Å². The molecule has 0 unspecified atom stereocenters. The van der Waals surface area contributed by atoms with Gasteiger partial charge in [-0.05, 0) is 37.0 Å². The summed E-state index contributed by atoms with van der Waals surface area (Å²) in [5, 5.41) is 19.2. The molecule has 0 amide bonds. The van der Waals surface area contributed by atoms with Crippen LogP contribution in [0.15, 0.2) is 16.3 Å². The number of Topliss-reactive ketones (excluding diaryl/α,β-unsaturated/α-hetero) is 1. The minimum atomic E-state index is -0.991. The Balaban J connectivity index is 2.80. The van der Waals surface area contributed by atoms with Crippen LogP contribution in [-0.4, -0.2) is 40.3 Å². The molecule has 0 heterocycles. The van der Waals surface area contributed by atoms with Crippen LogP contribution in [0.3, 0.4) is 0 Å². The van der Waals surface area contributed by atoms with Gasteiger partial charge in [-0.3, -0.25) is 14.6 Å². The Labute approximate surface area is 150 Å². The maximum Gasteiger partial charge on any atom is 0.320 e. The fourth-order valence-corrected chi connectivity index (χ4v) is 3.06. The number of allylic oxidation sites excluding steroid dienone is 2. The Morgan fingerprint density at radius 1 is 1.28 bits per heavy atom. The highest BCUT2D eigenvalue weighted by atomic mass is 16.4. The normalized spacial score (nSPS) is 19.4. The number of hydrogen-bond acceptors (Lipinski definition) is 5. The van der Waals surface area contributed by atoms with Crippen molar-refractivity contribution in [1.29, 1.82) is 0 Å². The van der Waals surface area contributed by atoms with Gasteiger partial charge in [0.25, 0.3) is 0 Å². The molecule has 0 saturated carbocycles. The van der Waals surface area contributed by atoms with Crippen LogP contribution in [0.5, 0.6) is 0 Å². The number of nitrogens with zero attached hydrogens (tertiary/aromatic N) is 1. The van der Waals surface area contributed by atoms with E-state index in [0.717, 1.165) is 0 Å². The number of carbonyl (C=O) groups is 2. The summed E-state index contributed by atoms with van der Waals surface area (Å²) in [5.74, 6) is -0.564. The summed E-state index contributed by atoms with van der Waals surface area (Å²) in [6, 6.07) is -0.840. The number of carboxylic acid groups (broad SMARTS) is 1. The number of rotatable bonds is 9. The summed E-state index contributed by atoms with van der Waals surface area (Å²) in [4.78, 5) is 27.8. The maximum absolute atomic E-state index is 12.5. The first-order valence-corrected chi connectivity index (χ1v) is 9.01. The molecule has 0 fully saturated rings. The number of ketones is 1. The Kier molecular flexibility index (Phi) is 7.80. The fraction of sp³-hybridized carbons (Fsp3) is 0.737. The summed E-state index contributed by atoms with van der Waals surface area (Å²) in [6.07, 6.45) is 3.31. The molecule has 0 aromatic carbocycles. The molecular weight excluding hydrogens is 320 g/mol. The number of carbonyl (C=O) groups excluding carboxylic acids is 1. The summed E-state index contributed by atoms with van der Waals surface area (Å²) in [6.45, 7) is 8.56. The van der Waals surface area contributed by atoms with Crippen LogP contribution in [0, 0.1) is 11.3 Å². The zero-order valence-corrected chi connectivity index (χ0v) is 15.8. The standard InChI is InChI=1S/C19H32N2O4/c1-12(2)9-14(21-8-6-5-7-13(20)18(24)25)17-15(22)10-19(3,4)11-16(17)23/h12-13,22H,5-11,20H2,1-4H3,(H,24,25)/t13-/m0/s1. The van der Waals surface area contributed by atoms with E-state index in [1.807, 2.05) is 13.8 Å². The van der Waals surface area contributed by atoms with Gasteiger partial charge in [0, 0.05) is 25.1 Å². The lowest BCUT2D eigenvalue weighted by Gasteiger charge is -2.30. The molecule has 25 heavy (non-hydrogen) atoms. The van der Waals surface area contributed by atoms with Gasteiger partial charge in [0.1, 0.15) is 11.8 Å². The van der Waals surface area contributed by atoms with E-state index < -0.39 is 12.0 Å². The molecule has 142 valence electrons. The number of hydrogen-bond donors (Lipinski definition) is 3. The van der Waals surface area contributed by atoms with E-state index in [1.165, 1.54) is 0 Å². The SMILES string of the molecule is CC(C)CC(=NCCCC[C@H](N)C(=O)O)C1=C(O)CC(C)(C)CC1=O. The smallest absolute Gasteiger partial charge is 0.320 e. The van der Waals surface area contributed by atoms with E-state index in [1.54, 1.807) is 0 Å². The Morgan fingerprint density at radius 2 is 1.92 bits per heavy atom. The molecule has 1 aliphatic carbocycles. The van der Waals surface area contributed by atoms with Crippen LogP contribution in [0.2, 0.25) is 0 Å². The quantitative estimate of drug-likeness (QED) is 0.435. The largest absolute Gasteiger partial charge is 0.511 e. The molecule has 1 rings (SSSR count). The average Bonchev–Trinajstić information content (AvgIpc) is 2.43. The van der Waals surface area contributed by atoms with Gasteiger partial charge < -0.3 is 15.9 Å². The number of aliphatic carboxylic acids is 1. The second-order valence-corrected chi connectivity index (χ2v) is 8.13. The van der Waals surface area contributed by atoms with Crippen LogP contribution in [0.1, 0.15) is 66.2 Å². The fourth-order valence-electron chi connectivity index (χ4n) is 3.06. The Hall–Kier alpha value is -1.69. The molecular formula is C19H32N2O4. The molecule has 0 spiro atoms. The molecule has 0 saturated heterocycles. The average molecular weight is 352 g/mol. The molecule has 0 aromatic heterocycles. The number of aliphatic imine (C=N–C) groups is 1. The number of unbranched alkanes of at least 4 members (excludes halogenated alkanes) is 1. The van der Waals surface area contributed by atoms with E-state index in [2.05, 4.69) is 18.8 Å². The van der Waals surface area contributed by atoms with Gasteiger partial charge in [0.15, 0.2) is 5.78 Å². The third kappa shape index (κ3) is 6.98. The first kappa shape index (κ1) is 21.4. The van der Waals surface area contributed by atoms with Crippen molar-refractivity contribution in [1.82, 2.24) is 0 Å². The third-order valence-corrected chi connectivity index (χ3v) is 4.29. The minimum Gasteiger partial charge on any atom is -0.511 e. The van der Waals surface area contributed by atoms with Crippen molar-refractivity contribution >= 4 is 17.5 Å². The van der Waals surface area contributed by atoms with Crippen LogP contribution in [0.4, 0.5) is 0 Å². The van der Waals surface area contributed by atoms with Gasteiger partial charge in [0.05, 0.1) is 5.57 Å². The lowest BCUT2D eigenvalue weighted by molar-refractivity contribution is -0.138. The minimum absolute atomic E-state index is 0.0407. The molecule has 1 atom stereocenters. The molecule has 0 radical (unpaired) electrons. The predicted octanol–water partition coefficient (Wildman–Crippen LogP) is 3.26. The number of aliphatic hydroxyl groups is 1. The molecule has 4 N–H and O–H groups in total. The molecule has 0 bridgehead atoms. The number of nitrogens with two attached hydrogens (primary N) is 1. The summed E-state index contributed by atoms with van der Waals surface area (Å²) >= 11 is 0. The van der Waals surface area contributed by atoms with Crippen LogP contribution in [-0.2, 0) is 9.59 Å². The van der Waals surface area contributed by atoms with E-state index in [4.69, 9.17) is 10.8 Å². The summed E-state index contributed by atoms with van der Waals surface area (Å²) in [5.41, 5.74) is 6.34. The number of aliphatic hydroxyl groups excluding tert-OH is 1. The predicted molar refractivity (Wildman–Crippen MR) is 98.9 cm³/mol. The lowest BCUT2D eigenvalue weighted by atomic mass is 9.75. The van der Waals surface area contributed by atoms with Crippen molar-refractivity contribution in [3.8, 4) is 0 Å². The lowest BCUT2D eigenvalue weighted by Crippen LogP contribution is -2.30. The first-order chi connectivity index (χ1) is 11.5. The van der Waals surface area contributed by atoms with Crippen molar-refractivity contribution in [3.63, 3.8) is 0 Å². The highest BCUT2D eigenvalue weighted by Gasteiger charge is 2.35. The van der Waals surface area contributed by atoms with Crippen molar-refractivity contribution in [3.05, 3.63) is 11.3 Å².